The molecule has 400 valence electrons. The van der Waals surface area contributed by atoms with Crippen LogP contribution in [0.2, 0.25) is 0 Å². The van der Waals surface area contributed by atoms with Gasteiger partial charge in [0.1, 0.15) is 48.6 Å². The van der Waals surface area contributed by atoms with Crippen LogP contribution in [0.3, 0.4) is 0 Å². The van der Waals surface area contributed by atoms with Gasteiger partial charge in [-0.1, -0.05) is 68.3 Å². The Morgan fingerprint density at radius 2 is 1.20 bits per heavy atom. The molecule has 4 aromatic rings. The van der Waals surface area contributed by atoms with Crippen molar-refractivity contribution in [2.24, 2.45) is 11.5 Å². The van der Waals surface area contributed by atoms with Crippen molar-refractivity contribution >= 4 is 70.5 Å². The lowest BCUT2D eigenvalue weighted by Gasteiger charge is -2.28. The highest BCUT2D eigenvalue weighted by atomic mass is 16.4. The lowest BCUT2D eigenvalue weighted by molar-refractivity contribution is -0.142. The number of nitrogens with two attached hydrogens (primary N) is 2. The van der Waals surface area contributed by atoms with Crippen molar-refractivity contribution in [3.63, 3.8) is 0 Å². The second-order valence-corrected chi connectivity index (χ2v) is 17.8. The molecular formula is C50H70N14O10. The van der Waals surface area contributed by atoms with Crippen LogP contribution in [0.1, 0.15) is 88.5 Å². The Bertz CT molecular complexity index is 2500. The van der Waals surface area contributed by atoms with E-state index in [2.05, 4.69) is 57.5 Å². The molecule has 4 rings (SSSR count). The van der Waals surface area contributed by atoms with E-state index < -0.39 is 96.0 Å². The van der Waals surface area contributed by atoms with E-state index in [9.17, 15) is 48.3 Å². The Kier molecular flexibility index (Phi) is 24.2. The zero-order chi connectivity index (χ0) is 54.0. The van der Waals surface area contributed by atoms with E-state index in [0.717, 1.165) is 10.9 Å². The molecule has 74 heavy (non-hydrogen) atoms. The van der Waals surface area contributed by atoms with Crippen molar-refractivity contribution in [3.05, 3.63) is 90.1 Å². The van der Waals surface area contributed by atoms with Gasteiger partial charge in [0.2, 0.25) is 41.4 Å². The van der Waals surface area contributed by atoms with E-state index >= 15 is 0 Å². The maximum atomic E-state index is 14.6. The standard InChI is InChI=1S/C50H70N14O10/c1-3-4-16-36(58-30(2)66)43(67)60-38(20-23-65)45(69)64-42(26-33-28-54-29-57-33)48(72)62-40(24-31-13-6-5-7-14-31)46(70)59-37(19-12-22-55-50(52)53)44(68)63-41(25-32-27-56-35-17-9-8-15-34(32)35)47(71)61-39(49(73)74)18-10-11-21-51/h5-9,13-15,17,23,27-29,36-42,56H,3-4,10-12,16,18-22,24-26,51H2,1-2H3,(H,54,57)(H,58,66)(H,59,70)(H,60,67)(H,61,71)(H,62,72)(H,63,68)(H,64,69)(H,73,74)(H4,52,53,55). The highest BCUT2D eigenvalue weighted by Crippen LogP contribution is 2.20. The summed E-state index contributed by atoms with van der Waals surface area (Å²) in [5.41, 5.74) is 13.4. The molecule has 24 nitrogen and oxygen atoms in total. The van der Waals surface area contributed by atoms with Crippen LogP contribution in [0, 0.1) is 5.41 Å². The molecule has 7 atom stereocenters. The SMILES string of the molecule is CCCCC(NC(C)=O)C(=O)NC(CC=O)C(=O)NC(Cc1c[nH]cn1)C(=O)NC(Cc1ccccc1)C(=O)NC(CCCNC(=N)N)C(=O)NC(Cc1c[nH]c2ccccc12)C(=O)NC(CCCCN)C(=O)O. The van der Waals surface area contributed by atoms with E-state index in [4.69, 9.17) is 16.9 Å². The average Bonchev–Trinajstić information content (AvgIpc) is 4.05. The molecule has 0 bridgehead atoms. The number of guanidine groups is 1. The molecule has 7 amide bonds. The van der Waals surface area contributed by atoms with Gasteiger partial charge in [0.25, 0.3) is 0 Å². The lowest BCUT2D eigenvalue weighted by Crippen LogP contribution is -2.60. The first kappa shape index (κ1) is 58.4. The molecule has 24 heteroatoms. The minimum Gasteiger partial charge on any atom is -0.480 e. The number of rotatable bonds is 33. The van der Waals surface area contributed by atoms with Crippen LogP contribution in [0.25, 0.3) is 10.9 Å². The van der Waals surface area contributed by atoms with Gasteiger partial charge in [-0.3, -0.25) is 39.0 Å². The fourth-order valence-corrected chi connectivity index (χ4v) is 8.04. The molecule has 7 unspecified atom stereocenters. The molecule has 2 aromatic carbocycles. The summed E-state index contributed by atoms with van der Waals surface area (Å²) in [5, 5.41) is 39.5. The van der Waals surface area contributed by atoms with E-state index in [1.54, 1.807) is 42.6 Å². The molecule has 0 radical (unpaired) electrons. The molecule has 2 aromatic heterocycles. The first-order valence-corrected chi connectivity index (χ1v) is 24.6. The second-order valence-electron chi connectivity index (χ2n) is 17.8. The summed E-state index contributed by atoms with van der Waals surface area (Å²) in [6.45, 7) is 3.56. The Hall–Kier alpha value is -8.15. The predicted molar refractivity (Wildman–Crippen MR) is 274 cm³/mol. The first-order valence-electron chi connectivity index (χ1n) is 24.6. The van der Waals surface area contributed by atoms with Crippen molar-refractivity contribution < 1.29 is 48.3 Å². The van der Waals surface area contributed by atoms with Gasteiger partial charge >= 0.3 is 5.97 Å². The zero-order valence-electron chi connectivity index (χ0n) is 41.7. The molecule has 0 saturated heterocycles. The van der Waals surface area contributed by atoms with Gasteiger partial charge < -0.3 is 73.9 Å². The molecule has 0 spiro atoms. The van der Waals surface area contributed by atoms with Gasteiger partial charge in [-0.2, -0.15) is 0 Å². The summed E-state index contributed by atoms with van der Waals surface area (Å²) in [5.74, 6) is -7.10. The summed E-state index contributed by atoms with van der Waals surface area (Å²) < 4.78 is 0. The van der Waals surface area contributed by atoms with Crippen molar-refractivity contribution in [2.45, 2.75) is 133 Å². The van der Waals surface area contributed by atoms with Crippen molar-refractivity contribution in [2.75, 3.05) is 13.1 Å². The molecule has 2 heterocycles. The van der Waals surface area contributed by atoms with Crippen molar-refractivity contribution in [3.8, 4) is 0 Å². The number of aldehydes is 1. The van der Waals surface area contributed by atoms with Crippen molar-refractivity contribution in [1.29, 1.82) is 5.41 Å². The van der Waals surface area contributed by atoms with E-state index in [0.29, 0.717) is 55.3 Å². The van der Waals surface area contributed by atoms with Crippen LogP contribution in [0.5, 0.6) is 0 Å². The molecule has 0 aliphatic carbocycles. The summed E-state index contributed by atoms with van der Waals surface area (Å²) in [7, 11) is 0. The maximum Gasteiger partial charge on any atom is 0.326 e. The summed E-state index contributed by atoms with van der Waals surface area (Å²) in [4.78, 5) is 131. The quantitative estimate of drug-likeness (QED) is 0.0125. The highest BCUT2D eigenvalue weighted by Gasteiger charge is 2.35. The minimum atomic E-state index is -1.47. The van der Waals surface area contributed by atoms with E-state index in [1.807, 2.05) is 25.1 Å². The highest BCUT2D eigenvalue weighted by molar-refractivity contribution is 5.98. The zero-order valence-corrected chi connectivity index (χ0v) is 41.7. The number of benzene rings is 2. The van der Waals surface area contributed by atoms with Crippen LogP contribution in [-0.4, -0.2) is 135 Å². The third-order valence-electron chi connectivity index (χ3n) is 11.9. The Balaban J connectivity index is 1.66. The number of aromatic amines is 2. The van der Waals surface area contributed by atoms with Gasteiger partial charge in [0, 0.05) is 62.4 Å². The summed E-state index contributed by atoms with van der Waals surface area (Å²) in [6, 6.07) is 6.46. The number of nitrogens with one attached hydrogen (secondary N) is 11. The maximum absolute atomic E-state index is 14.6. The number of carboxylic acids is 1. The van der Waals surface area contributed by atoms with Gasteiger partial charge in [0.05, 0.1) is 12.0 Å². The van der Waals surface area contributed by atoms with Gasteiger partial charge in [-0.25, -0.2) is 9.78 Å². The van der Waals surface area contributed by atoms with Crippen molar-refractivity contribution in [1.82, 2.24) is 57.5 Å². The second kappa shape index (κ2) is 30.7. The Morgan fingerprint density at radius 3 is 1.80 bits per heavy atom. The normalized spacial score (nSPS) is 13.8. The molecule has 0 fully saturated rings. The fraction of sp³-hybridized carbons (Fsp3) is 0.460. The van der Waals surface area contributed by atoms with Crippen LogP contribution in [0.4, 0.5) is 0 Å². The van der Waals surface area contributed by atoms with E-state index in [1.165, 1.54) is 19.4 Å². The minimum absolute atomic E-state index is 0.0734. The third-order valence-corrected chi connectivity index (χ3v) is 11.9. The van der Waals surface area contributed by atoms with Crippen LogP contribution in [-0.2, 0) is 62.4 Å². The van der Waals surface area contributed by atoms with Crippen LogP contribution < -0.4 is 54.0 Å². The number of fused-ring (bicyclic) bond motifs is 1. The number of H-pyrrole nitrogens is 2. The molecule has 0 aliphatic rings. The van der Waals surface area contributed by atoms with E-state index in [-0.39, 0.29) is 57.5 Å². The number of aromatic nitrogens is 3. The number of amides is 7. The smallest absolute Gasteiger partial charge is 0.326 e. The summed E-state index contributed by atoms with van der Waals surface area (Å²) >= 11 is 0. The number of imidazole rings is 1. The number of carbonyl (C=O) groups is 9. The first-order chi connectivity index (χ1) is 35.5. The Morgan fingerprint density at radius 1 is 0.662 bits per heavy atom. The average molecular weight is 1030 g/mol. The molecule has 0 saturated carbocycles. The van der Waals surface area contributed by atoms with Gasteiger partial charge in [-0.05, 0) is 62.3 Å². The number of carbonyl (C=O) groups excluding carboxylic acids is 8. The number of hydrogen-bond donors (Lipinski definition) is 14. The van der Waals surface area contributed by atoms with Gasteiger partial charge in [-0.15, -0.1) is 0 Å². The number of unbranched alkanes of at least 4 members (excludes halogenated alkanes) is 2. The predicted octanol–water partition coefficient (Wildman–Crippen LogP) is -0.412. The molecule has 16 N–H and O–H groups in total. The monoisotopic (exact) mass is 1030 g/mol. The number of aliphatic carboxylic acids is 1. The Labute approximate surface area is 428 Å². The van der Waals surface area contributed by atoms with Crippen LogP contribution >= 0.6 is 0 Å². The lowest BCUT2D eigenvalue weighted by atomic mass is 10.0. The summed E-state index contributed by atoms with van der Waals surface area (Å²) in [6.07, 6.45) is 6.63. The largest absolute Gasteiger partial charge is 0.480 e. The molecular weight excluding hydrogens is 957 g/mol. The topological polar surface area (TPSA) is 390 Å². The third kappa shape index (κ3) is 19.5. The van der Waals surface area contributed by atoms with Crippen LogP contribution in [0.15, 0.2) is 73.3 Å². The number of nitrogens with zero attached hydrogens (tertiary/aromatic N) is 1. The fourth-order valence-electron chi connectivity index (χ4n) is 8.04. The number of carboxylic acid groups (broad SMARTS) is 1. The number of para-hydroxylation sites is 1. The number of hydrogen-bond acceptors (Lipinski definition) is 12. The van der Waals surface area contributed by atoms with Gasteiger partial charge in [0.15, 0.2) is 5.96 Å². The molecule has 0 aliphatic heterocycles.